The van der Waals surface area contributed by atoms with Crippen molar-refractivity contribution < 1.29 is 14.7 Å². The zero-order valence-corrected chi connectivity index (χ0v) is 11.5. The molecule has 0 aromatic heterocycles. The minimum Gasteiger partial charge on any atom is -0.361 e. The number of carbonyl (C=O) groups is 1. The first-order valence-electron chi connectivity index (χ1n) is 6.05. The number of nitrogens with zero attached hydrogens (tertiary/aromatic N) is 1. The highest BCUT2D eigenvalue weighted by atomic mass is 35.5. The Hall–Kier alpha value is -1.88. The minimum atomic E-state index is -1.67. The van der Waals surface area contributed by atoms with Crippen molar-refractivity contribution in [3.05, 3.63) is 70.2 Å². The zero-order chi connectivity index (χ0) is 14.3. The molecule has 1 unspecified atom stereocenters. The fourth-order valence-electron chi connectivity index (χ4n) is 2.52. The van der Waals surface area contributed by atoms with E-state index < -0.39 is 11.6 Å². The molecule has 0 bridgehead atoms. The van der Waals surface area contributed by atoms with Crippen molar-refractivity contribution in [2.45, 2.75) is 5.72 Å². The fourth-order valence-corrected chi connectivity index (χ4v) is 2.69. The lowest BCUT2D eigenvalue weighted by molar-refractivity contribution is -0.223. The lowest BCUT2D eigenvalue weighted by Crippen LogP contribution is -2.43. The van der Waals surface area contributed by atoms with Crippen LogP contribution in [0.5, 0.6) is 0 Å². The normalized spacial score (nSPS) is 21.1. The quantitative estimate of drug-likeness (QED) is 0.924. The minimum absolute atomic E-state index is 0.377. The SMILES string of the molecule is CON1C(=O)c2ccc(Cl)cc2C1(O)c1ccccc1. The molecular weight excluding hydrogens is 278 g/mol. The van der Waals surface area contributed by atoms with Crippen LogP contribution in [0.4, 0.5) is 0 Å². The van der Waals surface area contributed by atoms with Crippen LogP contribution in [0.25, 0.3) is 0 Å². The van der Waals surface area contributed by atoms with Crippen LogP contribution < -0.4 is 0 Å². The highest BCUT2D eigenvalue weighted by molar-refractivity contribution is 6.30. The maximum Gasteiger partial charge on any atom is 0.281 e. The molecule has 2 aromatic rings. The number of fused-ring (bicyclic) bond motifs is 1. The molecule has 0 fully saturated rings. The van der Waals surface area contributed by atoms with Crippen LogP contribution in [0.1, 0.15) is 21.5 Å². The topological polar surface area (TPSA) is 49.8 Å². The third kappa shape index (κ3) is 1.66. The number of aliphatic hydroxyl groups is 1. The lowest BCUT2D eigenvalue weighted by atomic mass is 9.94. The molecule has 20 heavy (non-hydrogen) atoms. The summed E-state index contributed by atoms with van der Waals surface area (Å²) >= 11 is 5.99. The third-order valence-corrected chi connectivity index (χ3v) is 3.66. The molecule has 3 rings (SSSR count). The number of carbonyl (C=O) groups excluding carboxylic acids is 1. The summed E-state index contributed by atoms with van der Waals surface area (Å²) in [7, 11) is 1.35. The molecule has 0 aliphatic carbocycles. The van der Waals surface area contributed by atoms with Gasteiger partial charge in [0, 0.05) is 16.1 Å². The summed E-state index contributed by atoms with van der Waals surface area (Å²) < 4.78 is 0. The zero-order valence-electron chi connectivity index (χ0n) is 10.7. The molecule has 1 heterocycles. The number of hydrogen-bond acceptors (Lipinski definition) is 3. The van der Waals surface area contributed by atoms with Gasteiger partial charge in [0.25, 0.3) is 5.91 Å². The van der Waals surface area contributed by atoms with Crippen LogP contribution in [0.3, 0.4) is 0 Å². The second-order valence-corrected chi connectivity index (χ2v) is 4.95. The van der Waals surface area contributed by atoms with Crippen molar-refractivity contribution in [3.8, 4) is 0 Å². The average Bonchev–Trinajstić information content (AvgIpc) is 2.69. The predicted octanol–water partition coefficient (Wildman–Crippen LogP) is 2.55. The Morgan fingerprint density at radius 1 is 1.20 bits per heavy atom. The molecule has 1 N–H and O–H groups in total. The van der Waals surface area contributed by atoms with Gasteiger partial charge in [-0.2, -0.15) is 5.06 Å². The molecule has 4 nitrogen and oxygen atoms in total. The molecule has 0 saturated carbocycles. The Kier molecular flexibility index (Phi) is 3.01. The number of benzene rings is 2. The van der Waals surface area contributed by atoms with Gasteiger partial charge < -0.3 is 5.11 Å². The molecule has 1 atom stereocenters. The third-order valence-electron chi connectivity index (χ3n) is 3.42. The molecule has 0 spiro atoms. The summed E-state index contributed by atoms with van der Waals surface area (Å²) in [6.45, 7) is 0. The van der Waals surface area contributed by atoms with E-state index in [0.29, 0.717) is 21.7 Å². The van der Waals surface area contributed by atoms with Crippen LogP contribution in [0, 0.1) is 0 Å². The van der Waals surface area contributed by atoms with Crippen LogP contribution in [0.15, 0.2) is 48.5 Å². The van der Waals surface area contributed by atoms with Crippen LogP contribution in [0.2, 0.25) is 5.02 Å². The molecule has 0 radical (unpaired) electrons. The van der Waals surface area contributed by atoms with Gasteiger partial charge in [-0.1, -0.05) is 41.9 Å². The van der Waals surface area contributed by atoms with E-state index in [2.05, 4.69) is 0 Å². The Morgan fingerprint density at radius 2 is 1.90 bits per heavy atom. The van der Waals surface area contributed by atoms with Gasteiger partial charge in [0.2, 0.25) is 5.72 Å². The Balaban J connectivity index is 2.29. The van der Waals surface area contributed by atoms with Gasteiger partial charge in [-0.15, -0.1) is 0 Å². The van der Waals surface area contributed by atoms with Gasteiger partial charge in [0.15, 0.2) is 0 Å². The van der Waals surface area contributed by atoms with Crippen LogP contribution in [-0.2, 0) is 10.6 Å². The van der Waals surface area contributed by atoms with E-state index in [4.69, 9.17) is 16.4 Å². The number of hydroxylamine groups is 2. The highest BCUT2D eigenvalue weighted by Gasteiger charge is 2.51. The highest BCUT2D eigenvalue weighted by Crippen LogP contribution is 2.42. The van der Waals surface area contributed by atoms with E-state index >= 15 is 0 Å². The van der Waals surface area contributed by atoms with Gasteiger partial charge in [0.05, 0.1) is 12.7 Å². The maximum atomic E-state index is 12.3. The molecular formula is C15H12ClNO3. The molecule has 0 saturated heterocycles. The monoisotopic (exact) mass is 289 g/mol. The number of hydrogen-bond donors (Lipinski definition) is 1. The molecule has 5 heteroatoms. The van der Waals surface area contributed by atoms with Crippen molar-refractivity contribution in [3.63, 3.8) is 0 Å². The standard InChI is InChI=1S/C15H12ClNO3/c1-20-17-14(18)12-8-7-11(16)9-13(12)15(17,19)10-5-3-2-4-6-10/h2-9,19H,1H3. The van der Waals surface area contributed by atoms with Crippen molar-refractivity contribution in [2.75, 3.05) is 7.11 Å². The number of amides is 1. The van der Waals surface area contributed by atoms with Gasteiger partial charge in [0.1, 0.15) is 0 Å². The van der Waals surface area contributed by atoms with Crippen molar-refractivity contribution >= 4 is 17.5 Å². The Bertz CT molecular complexity index is 674. The average molecular weight is 290 g/mol. The smallest absolute Gasteiger partial charge is 0.281 e. The van der Waals surface area contributed by atoms with Crippen LogP contribution in [-0.4, -0.2) is 23.2 Å². The van der Waals surface area contributed by atoms with Crippen LogP contribution >= 0.6 is 11.6 Å². The van der Waals surface area contributed by atoms with E-state index in [1.165, 1.54) is 7.11 Å². The van der Waals surface area contributed by atoms with Gasteiger partial charge >= 0.3 is 0 Å². The van der Waals surface area contributed by atoms with Gasteiger partial charge in [-0.3, -0.25) is 9.63 Å². The second kappa shape index (κ2) is 4.59. The summed E-state index contributed by atoms with van der Waals surface area (Å²) in [6.07, 6.45) is 0. The van der Waals surface area contributed by atoms with Crippen molar-refractivity contribution in [2.24, 2.45) is 0 Å². The largest absolute Gasteiger partial charge is 0.361 e. The first-order valence-corrected chi connectivity index (χ1v) is 6.43. The Morgan fingerprint density at radius 3 is 2.55 bits per heavy atom. The van der Waals surface area contributed by atoms with E-state index in [-0.39, 0.29) is 0 Å². The lowest BCUT2D eigenvalue weighted by Gasteiger charge is -2.32. The molecule has 102 valence electrons. The predicted molar refractivity (Wildman–Crippen MR) is 74.1 cm³/mol. The Labute approximate surface area is 121 Å². The second-order valence-electron chi connectivity index (χ2n) is 4.51. The summed E-state index contributed by atoms with van der Waals surface area (Å²) in [5.41, 5.74) is -0.338. The first kappa shape index (κ1) is 13.1. The first-order chi connectivity index (χ1) is 9.59. The van der Waals surface area contributed by atoms with Gasteiger partial charge in [-0.05, 0) is 18.2 Å². The van der Waals surface area contributed by atoms with E-state index in [1.54, 1.807) is 42.5 Å². The van der Waals surface area contributed by atoms with E-state index in [0.717, 1.165) is 5.06 Å². The van der Waals surface area contributed by atoms with E-state index in [9.17, 15) is 9.90 Å². The van der Waals surface area contributed by atoms with Gasteiger partial charge in [-0.25, -0.2) is 0 Å². The van der Waals surface area contributed by atoms with E-state index in [1.807, 2.05) is 6.07 Å². The summed E-state index contributed by atoms with van der Waals surface area (Å²) in [6, 6.07) is 13.7. The molecule has 1 amide bonds. The molecule has 1 aliphatic rings. The van der Waals surface area contributed by atoms with Crippen molar-refractivity contribution in [1.29, 1.82) is 0 Å². The summed E-state index contributed by atoms with van der Waals surface area (Å²) in [4.78, 5) is 17.4. The molecule has 1 aliphatic heterocycles. The molecule has 2 aromatic carbocycles. The maximum absolute atomic E-state index is 12.3. The number of halogens is 1. The van der Waals surface area contributed by atoms with Crippen molar-refractivity contribution in [1.82, 2.24) is 5.06 Å². The summed E-state index contributed by atoms with van der Waals surface area (Å²) in [5.74, 6) is -0.398. The fraction of sp³-hybridized carbons (Fsp3) is 0.133. The summed E-state index contributed by atoms with van der Waals surface area (Å²) in [5, 5.41) is 12.5. The number of rotatable bonds is 2.